The Morgan fingerprint density at radius 3 is 1.62 bits per heavy atom. The second-order valence-electron chi connectivity index (χ2n) is 8.39. The van der Waals surface area contributed by atoms with Crippen LogP contribution in [0, 0.1) is 5.41 Å². The van der Waals surface area contributed by atoms with Crippen molar-refractivity contribution in [2.24, 2.45) is 5.41 Å². The van der Waals surface area contributed by atoms with Crippen LogP contribution >= 0.6 is 11.2 Å². The summed E-state index contributed by atoms with van der Waals surface area (Å²) >= 11 is 2.22. The highest BCUT2D eigenvalue weighted by molar-refractivity contribution is 8.29. The first-order valence-corrected chi connectivity index (χ1v) is 15.4. The molecule has 0 atom stereocenters. The summed E-state index contributed by atoms with van der Waals surface area (Å²) in [7, 11) is -3.30. The Bertz CT molecular complexity index is 306. The number of hydrogen-bond donors (Lipinski definition) is 0. The van der Waals surface area contributed by atoms with Crippen molar-refractivity contribution in [3.05, 3.63) is 0 Å². The molecule has 128 valence electrons. The Kier molecular flexibility index (Phi) is 8.26. The Labute approximate surface area is 139 Å². The van der Waals surface area contributed by atoms with Crippen molar-refractivity contribution < 1.29 is 8.85 Å². The summed E-state index contributed by atoms with van der Waals surface area (Å²) in [5, 5.41) is 0.439. The quantitative estimate of drug-likeness (QED) is 0.483. The lowest BCUT2D eigenvalue weighted by Crippen LogP contribution is -2.44. The monoisotopic (exact) mass is 350 g/mol. The molecule has 0 aliphatic heterocycles. The maximum Gasteiger partial charge on any atom is 0.335 e. The molecular formula is C16H38O2SSi2. The van der Waals surface area contributed by atoms with Crippen molar-refractivity contribution >= 4 is 27.0 Å². The van der Waals surface area contributed by atoms with Crippen LogP contribution in [0.3, 0.4) is 0 Å². The molecule has 21 heavy (non-hydrogen) atoms. The predicted octanol–water partition coefficient (Wildman–Crippen LogP) is 5.90. The van der Waals surface area contributed by atoms with Gasteiger partial charge < -0.3 is 8.85 Å². The summed E-state index contributed by atoms with van der Waals surface area (Å²) in [6, 6.07) is 1.07. The zero-order chi connectivity index (χ0) is 16.9. The van der Waals surface area contributed by atoms with Gasteiger partial charge in [0.25, 0.3) is 0 Å². The van der Waals surface area contributed by atoms with Gasteiger partial charge in [-0.15, -0.1) is 0 Å². The van der Waals surface area contributed by atoms with Crippen molar-refractivity contribution in [2.45, 2.75) is 79.2 Å². The molecule has 0 bridgehead atoms. The van der Waals surface area contributed by atoms with Gasteiger partial charge in [-0.3, -0.25) is 0 Å². The Morgan fingerprint density at radius 1 is 0.857 bits per heavy atom. The average Bonchev–Trinajstić information content (AvgIpc) is 2.24. The standard InChI is InChI=1S/C16H38O2SSi2/c1-11-17-21(10,18-12-2)14-16(6,7)13-19-20(8,9)15(3,4)5/h11-14H2,1-10H3. The molecule has 0 N–H and O–H groups in total. The zero-order valence-corrected chi connectivity index (χ0v) is 18.9. The molecule has 0 saturated heterocycles. The first-order chi connectivity index (χ1) is 9.29. The molecule has 0 aromatic rings. The van der Waals surface area contributed by atoms with Gasteiger partial charge in [-0.2, -0.15) is 11.2 Å². The summed E-state index contributed by atoms with van der Waals surface area (Å²) in [4.78, 5) is 0. The van der Waals surface area contributed by atoms with Crippen molar-refractivity contribution in [2.75, 3.05) is 19.0 Å². The van der Waals surface area contributed by atoms with Gasteiger partial charge in [0, 0.05) is 13.2 Å². The minimum atomic E-state index is -2.02. The first kappa shape index (κ1) is 21.7. The van der Waals surface area contributed by atoms with E-state index in [-0.39, 0.29) is 5.41 Å². The van der Waals surface area contributed by atoms with E-state index in [1.165, 1.54) is 5.75 Å². The van der Waals surface area contributed by atoms with E-state index in [1.807, 2.05) is 0 Å². The Hall–Kier alpha value is 0.704. The topological polar surface area (TPSA) is 18.5 Å². The van der Waals surface area contributed by atoms with Gasteiger partial charge in [-0.05, 0) is 42.6 Å². The molecule has 0 spiro atoms. The summed E-state index contributed by atoms with van der Waals surface area (Å²) in [5.74, 6) is 1.20. The molecule has 0 aromatic carbocycles. The SMILES string of the molecule is CCO[Si](C)(CC(C)(C)CS[Si](C)(C)C(C)(C)C)OCC. The molecule has 0 aliphatic rings. The van der Waals surface area contributed by atoms with Crippen LogP contribution in [-0.2, 0) is 8.85 Å². The van der Waals surface area contributed by atoms with E-state index < -0.39 is 15.8 Å². The summed E-state index contributed by atoms with van der Waals surface area (Å²) < 4.78 is 12.0. The fourth-order valence-electron chi connectivity index (χ4n) is 2.27. The summed E-state index contributed by atoms with van der Waals surface area (Å²) in [5.41, 5.74) is 0.269. The van der Waals surface area contributed by atoms with Crippen LogP contribution < -0.4 is 0 Å². The van der Waals surface area contributed by atoms with Crippen LogP contribution in [0.25, 0.3) is 0 Å². The van der Waals surface area contributed by atoms with Crippen LogP contribution in [0.1, 0.15) is 48.5 Å². The Morgan fingerprint density at radius 2 is 1.29 bits per heavy atom. The summed E-state index contributed by atoms with van der Waals surface area (Å²) in [6.45, 7) is 24.8. The minimum Gasteiger partial charge on any atom is -0.395 e. The molecule has 0 saturated carbocycles. The Balaban J connectivity index is 4.75. The van der Waals surface area contributed by atoms with E-state index in [1.54, 1.807) is 0 Å². The van der Waals surface area contributed by atoms with Gasteiger partial charge in [0.05, 0.1) is 0 Å². The van der Waals surface area contributed by atoms with Gasteiger partial charge >= 0.3 is 8.56 Å². The first-order valence-electron chi connectivity index (χ1n) is 8.20. The molecule has 0 fully saturated rings. The lowest BCUT2D eigenvalue weighted by molar-refractivity contribution is 0.178. The molecule has 0 unspecified atom stereocenters. The van der Waals surface area contributed by atoms with Crippen LogP contribution in [-0.4, -0.2) is 34.8 Å². The van der Waals surface area contributed by atoms with Crippen molar-refractivity contribution in [3.8, 4) is 0 Å². The molecular weight excluding hydrogens is 312 g/mol. The highest BCUT2D eigenvalue weighted by Crippen LogP contribution is 2.46. The van der Waals surface area contributed by atoms with Crippen molar-refractivity contribution in [3.63, 3.8) is 0 Å². The van der Waals surface area contributed by atoms with Crippen LogP contribution in [0.5, 0.6) is 0 Å². The van der Waals surface area contributed by atoms with Gasteiger partial charge in [-0.1, -0.05) is 47.7 Å². The maximum absolute atomic E-state index is 6.02. The molecule has 0 amide bonds. The zero-order valence-electron chi connectivity index (χ0n) is 16.1. The van der Waals surface area contributed by atoms with Gasteiger partial charge in [0.15, 0.2) is 0 Å². The number of rotatable bonds is 9. The molecule has 0 rings (SSSR count). The molecule has 5 heteroatoms. The normalized spacial score (nSPS) is 14.6. The third-order valence-corrected chi connectivity index (χ3v) is 17.4. The van der Waals surface area contributed by atoms with E-state index in [9.17, 15) is 0 Å². The second kappa shape index (κ2) is 8.00. The summed E-state index contributed by atoms with van der Waals surface area (Å²) in [6.07, 6.45) is 0. The third kappa shape index (κ3) is 7.68. The predicted molar refractivity (Wildman–Crippen MR) is 103 cm³/mol. The van der Waals surface area contributed by atoms with Gasteiger partial charge in [-0.25, -0.2) is 0 Å². The van der Waals surface area contributed by atoms with E-state index in [2.05, 4.69) is 79.3 Å². The van der Waals surface area contributed by atoms with Gasteiger partial charge in [0.2, 0.25) is 0 Å². The highest BCUT2D eigenvalue weighted by atomic mass is 32.4. The third-order valence-electron chi connectivity index (χ3n) is 4.33. The van der Waals surface area contributed by atoms with E-state index in [0.717, 1.165) is 19.3 Å². The second-order valence-corrected chi connectivity index (χ2v) is 20.6. The van der Waals surface area contributed by atoms with E-state index in [0.29, 0.717) is 5.04 Å². The lowest BCUT2D eigenvalue weighted by atomic mass is 10.00. The lowest BCUT2D eigenvalue weighted by Gasteiger charge is -2.40. The average molecular weight is 351 g/mol. The van der Waals surface area contributed by atoms with Crippen LogP contribution in [0.15, 0.2) is 0 Å². The molecule has 0 aliphatic carbocycles. The van der Waals surface area contributed by atoms with E-state index in [4.69, 9.17) is 8.85 Å². The largest absolute Gasteiger partial charge is 0.395 e. The maximum atomic E-state index is 6.02. The fourth-order valence-corrected chi connectivity index (χ4v) is 10.7. The number of hydrogen-bond acceptors (Lipinski definition) is 3. The van der Waals surface area contributed by atoms with Crippen molar-refractivity contribution in [1.29, 1.82) is 0 Å². The fraction of sp³-hybridized carbons (Fsp3) is 1.00. The minimum absolute atomic E-state index is 0.269. The molecule has 2 nitrogen and oxygen atoms in total. The van der Waals surface area contributed by atoms with Gasteiger partial charge in [0.1, 0.15) is 7.22 Å². The van der Waals surface area contributed by atoms with Crippen LogP contribution in [0.4, 0.5) is 0 Å². The molecule has 0 radical (unpaired) electrons. The molecule has 0 heterocycles. The highest BCUT2D eigenvalue weighted by Gasteiger charge is 2.41. The van der Waals surface area contributed by atoms with E-state index >= 15 is 0 Å². The smallest absolute Gasteiger partial charge is 0.335 e. The van der Waals surface area contributed by atoms with Crippen molar-refractivity contribution in [1.82, 2.24) is 0 Å². The van der Waals surface area contributed by atoms with Crippen LogP contribution in [0.2, 0.25) is 30.7 Å². The molecule has 0 aromatic heterocycles.